The smallest absolute Gasteiger partial charge is 0.134 e. The monoisotopic (exact) mass is 428 g/mol. The molecule has 0 bridgehead atoms. The van der Waals surface area contributed by atoms with Crippen molar-refractivity contribution in [2.75, 3.05) is 0 Å². The van der Waals surface area contributed by atoms with E-state index in [1.807, 2.05) is 48.6 Å². The lowest BCUT2D eigenvalue weighted by atomic mass is 10.0. The molecule has 0 radical (unpaired) electrons. The molecular weight excluding hydrogens is 411 g/mol. The fourth-order valence-electron chi connectivity index (χ4n) is 3.82. The Labute approximate surface area is 185 Å². The molecule has 30 heavy (non-hydrogen) atoms. The summed E-state index contributed by atoms with van der Waals surface area (Å²) in [6.45, 7) is 0.720. The summed E-state index contributed by atoms with van der Waals surface area (Å²) >= 11 is 12.7. The van der Waals surface area contributed by atoms with Crippen LogP contribution in [0.5, 0.6) is 0 Å². The molecule has 0 fully saturated rings. The maximum absolute atomic E-state index is 6.35. The van der Waals surface area contributed by atoms with Gasteiger partial charge in [0.25, 0.3) is 0 Å². The van der Waals surface area contributed by atoms with E-state index in [-0.39, 0.29) is 0 Å². The van der Waals surface area contributed by atoms with E-state index in [4.69, 9.17) is 28.2 Å². The molecule has 1 heterocycles. The number of imidazole rings is 1. The van der Waals surface area contributed by atoms with Crippen LogP contribution in [0.15, 0.2) is 84.9 Å². The third-order valence-corrected chi connectivity index (χ3v) is 5.95. The minimum atomic E-state index is 0.621. The number of rotatable bonds is 4. The average Bonchev–Trinajstić information content (AvgIpc) is 3.11. The molecule has 0 aliphatic carbocycles. The number of aromatic nitrogens is 2. The third kappa shape index (κ3) is 3.49. The standard InChI is InChI=1S/C26H18Cl2N2/c27-22-11-6-12-23(28)21(22)15-16-26-29-24-13-3-4-14-25(24)30(26)17-19-9-5-8-18-7-1-2-10-20(18)19/h1-16H,17H2/b16-15+. The molecule has 5 aromatic rings. The van der Waals surface area contributed by atoms with E-state index in [9.17, 15) is 0 Å². The van der Waals surface area contributed by atoms with Crippen LogP contribution in [-0.2, 0) is 6.54 Å². The molecular formula is C26H18Cl2N2. The van der Waals surface area contributed by atoms with Crippen LogP contribution in [0, 0.1) is 0 Å². The number of nitrogens with zero attached hydrogens (tertiary/aromatic N) is 2. The Kier molecular flexibility index (Phi) is 5.04. The number of benzene rings is 4. The van der Waals surface area contributed by atoms with E-state index >= 15 is 0 Å². The maximum atomic E-state index is 6.35. The third-order valence-electron chi connectivity index (χ3n) is 5.29. The first-order valence-corrected chi connectivity index (χ1v) is 10.5. The highest BCUT2D eigenvalue weighted by molar-refractivity contribution is 6.37. The van der Waals surface area contributed by atoms with Crippen LogP contribution in [0.2, 0.25) is 10.0 Å². The lowest BCUT2D eigenvalue weighted by Crippen LogP contribution is -2.02. The van der Waals surface area contributed by atoms with Crippen molar-refractivity contribution in [1.29, 1.82) is 0 Å². The maximum Gasteiger partial charge on any atom is 0.134 e. The fourth-order valence-corrected chi connectivity index (χ4v) is 4.34. The molecule has 5 rings (SSSR count). The average molecular weight is 429 g/mol. The van der Waals surface area contributed by atoms with Gasteiger partial charge in [0.2, 0.25) is 0 Å². The van der Waals surface area contributed by atoms with Gasteiger partial charge >= 0.3 is 0 Å². The summed E-state index contributed by atoms with van der Waals surface area (Å²) in [5, 5.41) is 3.73. The highest BCUT2D eigenvalue weighted by Crippen LogP contribution is 2.28. The van der Waals surface area contributed by atoms with Gasteiger partial charge in [0.1, 0.15) is 5.82 Å². The Morgan fingerprint density at radius 3 is 2.30 bits per heavy atom. The molecule has 4 heteroatoms. The van der Waals surface area contributed by atoms with Gasteiger partial charge < -0.3 is 4.57 Å². The van der Waals surface area contributed by atoms with Gasteiger partial charge in [0.05, 0.1) is 17.6 Å². The van der Waals surface area contributed by atoms with E-state index in [0.717, 1.165) is 29.0 Å². The second-order valence-corrected chi connectivity index (χ2v) is 7.97. The quantitative estimate of drug-likeness (QED) is 0.286. The van der Waals surface area contributed by atoms with Crippen molar-refractivity contribution in [2.45, 2.75) is 6.54 Å². The van der Waals surface area contributed by atoms with Crippen molar-refractivity contribution in [1.82, 2.24) is 9.55 Å². The van der Waals surface area contributed by atoms with Gasteiger partial charge in [-0.05, 0) is 52.8 Å². The van der Waals surface area contributed by atoms with Gasteiger partial charge in [-0.1, -0.05) is 83.9 Å². The first-order chi connectivity index (χ1) is 14.7. The SMILES string of the molecule is Clc1cccc(Cl)c1/C=C/c1nc2ccccc2n1Cc1cccc2ccccc12. The highest BCUT2D eigenvalue weighted by Gasteiger charge is 2.11. The largest absolute Gasteiger partial charge is 0.320 e. The molecule has 1 aromatic heterocycles. The molecule has 146 valence electrons. The van der Waals surface area contributed by atoms with Crippen LogP contribution in [-0.4, -0.2) is 9.55 Å². The van der Waals surface area contributed by atoms with E-state index in [1.54, 1.807) is 0 Å². The Balaban J connectivity index is 1.63. The lowest BCUT2D eigenvalue weighted by molar-refractivity contribution is 0.819. The van der Waals surface area contributed by atoms with Crippen LogP contribution in [0.3, 0.4) is 0 Å². The molecule has 0 N–H and O–H groups in total. The van der Waals surface area contributed by atoms with E-state index in [2.05, 4.69) is 53.1 Å². The summed E-state index contributed by atoms with van der Waals surface area (Å²) < 4.78 is 2.23. The van der Waals surface area contributed by atoms with E-state index < -0.39 is 0 Å². The summed E-state index contributed by atoms with van der Waals surface area (Å²) in [6, 6.07) is 28.6. The topological polar surface area (TPSA) is 17.8 Å². The molecule has 0 saturated carbocycles. The summed E-state index contributed by atoms with van der Waals surface area (Å²) in [4.78, 5) is 4.85. The number of halogens is 2. The molecule has 2 nitrogen and oxygen atoms in total. The fraction of sp³-hybridized carbons (Fsp3) is 0.0385. The first-order valence-electron chi connectivity index (χ1n) is 9.75. The van der Waals surface area contributed by atoms with Crippen molar-refractivity contribution >= 4 is 57.2 Å². The lowest BCUT2D eigenvalue weighted by Gasteiger charge is -2.11. The summed E-state index contributed by atoms with van der Waals surface area (Å²) in [7, 11) is 0. The molecule has 0 unspecified atom stereocenters. The van der Waals surface area contributed by atoms with Gasteiger partial charge in [0, 0.05) is 15.6 Å². The zero-order valence-corrected chi connectivity index (χ0v) is 17.6. The minimum Gasteiger partial charge on any atom is -0.320 e. The number of para-hydroxylation sites is 2. The minimum absolute atomic E-state index is 0.621. The molecule has 0 aliphatic rings. The van der Waals surface area contributed by atoms with Gasteiger partial charge in [0.15, 0.2) is 0 Å². The Morgan fingerprint density at radius 1 is 0.733 bits per heavy atom. The molecule has 0 saturated heterocycles. The van der Waals surface area contributed by atoms with Gasteiger partial charge in [-0.15, -0.1) is 0 Å². The second kappa shape index (κ2) is 7.98. The zero-order chi connectivity index (χ0) is 20.5. The van der Waals surface area contributed by atoms with Crippen LogP contribution in [0.4, 0.5) is 0 Å². The summed E-state index contributed by atoms with van der Waals surface area (Å²) in [6.07, 6.45) is 3.92. The summed E-state index contributed by atoms with van der Waals surface area (Å²) in [5.41, 5.74) is 4.10. The van der Waals surface area contributed by atoms with Gasteiger partial charge in [-0.25, -0.2) is 4.98 Å². The second-order valence-electron chi connectivity index (χ2n) is 7.15. The number of hydrogen-bond acceptors (Lipinski definition) is 1. The van der Waals surface area contributed by atoms with Crippen LogP contribution < -0.4 is 0 Å². The normalized spacial score (nSPS) is 11.7. The highest BCUT2D eigenvalue weighted by atomic mass is 35.5. The van der Waals surface area contributed by atoms with Crippen molar-refractivity contribution in [3.63, 3.8) is 0 Å². The van der Waals surface area contributed by atoms with Crippen LogP contribution >= 0.6 is 23.2 Å². The summed E-state index contributed by atoms with van der Waals surface area (Å²) in [5.74, 6) is 0.861. The first kappa shape index (κ1) is 18.9. The predicted molar refractivity (Wildman–Crippen MR) is 128 cm³/mol. The van der Waals surface area contributed by atoms with Crippen LogP contribution in [0.25, 0.3) is 34.0 Å². The van der Waals surface area contributed by atoms with E-state index in [0.29, 0.717) is 10.0 Å². The van der Waals surface area contributed by atoms with Gasteiger partial charge in [-0.2, -0.15) is 0 Å². The van der Waals surface area contributed by atoms with Crippen molar-refractivity contribution in [2.24, 2.45) is 0 Å². The molecule has 0 spiro atoms. The molecule has 0 amide bonds. The Hall–Kier alpha value is -3.07. The van der Waals surface area contributed by atoms with E-state index in [1.165, 1.54) is 16.3 Å². The van der Waals surface area contributed by atoms with Crippen LogP contribution in [0.1, 0.15) is 17.0 Å². The number of fused-ring (bicyclic) bond motifs is 2. The zero-order valence-electron chi connectivity index (χ0n) is 16.1. The molecule has 0 atom stereocenters. The molecule has 4 aromatic carbocycles. The van der Waals surface area contributed by atoms with Crippen molar-refractivity contribution in [3.8, 4) is 0 Å². The van der Waals surface area contributed by atoms with Gasteiger partial charge in [-0.3, -0.25) is 0 Å². The Morgan fingerprint density at radius 2 is 1.43 bits per heavy atom. The number of hydrogen-bond donors (Lipinski definition) is 0. The van der Waals surface area contributed by atoms with Crippen molar-refractivity contribution < 1.29 is 0 Å². The predicted octanol–water partition coefficient (Wildman–Crippen LogP) is 7.72. The van der Waals surface area contributed by atoms with Crippen molar-refractivity contribution in [3.05, 3.63) is 112 Å². The Bertz CT molecular complexity index is 1370. The molecule has 0 aliphatic heterocycles.